The van der Waals surface area contributed by atoms with Gasteiger partial charge < -0.3 is 20.1 Å². The molecule has 2 unspecified atom stereocenters. The average molecular weight is 584 g/mol. The minimum Gasteiger partial charge on any atom is -0.400 e. The maximum absolute atomic E-state index is 7.00. The summed E-state index contributed by atoms with van der Waals surface area (Å²) in [6, 6.07) is 10.2. The van der Waals surface area contributed by atoms with Crippen LogP contribution in [0.1, 0.15) is 91.8 Å². The summed E-state index contributed by atoms with van der Waals surface area (Å²) >= 11 is 1.91. The molecule has 0 saturated carbocycles. The topological polar surface area (TPSA) is 93.9 Å². The number of nitrogens with zero attached hydrogens (tertiary/aromatic N) is 2. The van der Waals surface area contributed by atoms with Crippen LogP contribution in [-0.2, 0) is 10.5 Å². The first-order valence-corrected chi connectivity index (χ1v) is 15.9. The number of nitrogens with two attached hydrogens (primary N) is 1. The molecule has 2 aromatic rings. The Morgan fingerprint density at radius 3 is 2.37 bits per heavy atom. The van der Waals surface area contributed by atoms with E-state index in [1.54, 1.807) is 0 Å². The molecule has 0 amide bonds. The Hall–Kier alpha value is -2.61. The van der Waals surface area contributed by atoms with E-state index in [1.807, 2.05) is 57.7 Å². The smallest absolute Gasteiger partial charge is 0.171 e. The van der Waals surface area contributed by atoms with Crippen LogP contribution in [0.15, 0.2) is 74.5 Å². The molecule has 228 valence electrons. The second-order valence-electron chi connectivity index (χ2n) is 10.4. The third-order valence-corrected chi connectivity index (χ3v) is 7.79. The zero-order valence-corrected chi connectivity index (χ0v) is 27.6. The Bertz CT molecular complexity index is 1150. The summed E-state index contributed by atoms with van der Waals surface area (Å²) in [6.45, 7) is 16.6. The Labute approximate surface area is 253 Å². The van der Waals surface area contributed by atoms with Gasteiger partial charge in [-0.25, -0.2) is 0 Å². The van der Waals surface area contributed by atoms with Crippen LogP contribution in [0.5, 0.6) is 0 Å². The van der Waals surface area contributed by atoms with Gasteiger partial charge in [0.15, 0.2) is 5.76 Å². The number of aliphatic imine (C=N–C) groups is 1. The molecule has 1 aromatic heterocycles. The minimum absolute atomic E-state index is 0.408. The predicted molar refractivity (Wildman–Crippen MR) is 177 cm³/mol. The number of benzene rings is 1. The molecule has 0 spiro atoms. The van der Waals surface area contributed by atoms with Gasteiger partial charge in [-0.15, -0.1) is 0 Å². The van der Waals surface area contributed by atoms with E-state index in [0.717, 1.165) is 77.6 Å². The summed E-state index contributed by atoms with van der Waals surface area (Å²) in [7, 11) is 1.00. The van der Waals surface area contributed by atoms with Gasteiger partial charge in [0.1, 0.15) is 0 Å². The maximum Gasteiger partial charge on any atom is 0.171 e. The average Bonchev–Trinajstić information content (AvgIpc) is 3.56. The van der Waals surface area contributed by atoms with Crippen molar-refractivity contribution in [2.24, 2.45) is 10.7 Å². The lowest BCUT2D eigenvalue weighted by Gasteiger charge is -2.10. The van der Waals surface area contributed by atoms with E-state index in [4.69, 9.17) is 20.1 Å². The first-order valence-electron chi connectivity index (χ1n) is 14.7. The number of unbranched alkanes of at least 4 members (excludes halogenated alkanes) is 1. The quantitative estimate of drug-likeness (QED) is 0.203. The number of hydrogen-bond acceptors (Lipinski definition) is 7. The van der Waals surface area contributed by atoms with Gasteiger partial charge in [-0.2, -0.15) is 11.8 Å². The highest BCUT2D eigenvalue weighted by Gasteiger charge is 2.22. The third kappa shape index (κ3) is 12.8. The molecule has 41 heavy (non-hydrogen) atoms. The van der Waals surface area contributed by atoms with Crippen LogP contribution in [-0.4, -0.2) is 41.0 Å². The SMILES string of the molecule is CCC\C=C/C(=C(\C)N=C(C)C)C(/N)=C(\C)CC.CO.Cc1noc(-c2ccccc2)c1CSCC1CCC(C)O1. The molecular weight excluding hydrogens is 530 g/mol. The molecule has 1 saturated heterocycles. The van der Waals surface area contributed by atoms with Crippen LogP contribution in [0, 0.1) is 6.92 Å². The number of hydrogen-bond donors (Lipinski definition) is 2. The molecule has 2 atom stereocenters. The van der Waals surface area contributed by atoms with Gasteiger partial charge in [0.05, 0.1) is 17.9 Å². The van der Waals surface area contributed by atoms with Crippen molar-refractivity contribution in [2.75, 3.05) is 12.9 Å². The van der Waals surface area contributed by atoms with Crippen molar-refractivity contribution in [3.63, 3.8) is 0 Å². The summed E-state index contributed by atoms with van der Waals surface area (Å²) in [5.74, 6) is 2.87. The van der Waals surface area contributed by atoms with E-state index >= 15 is 0 Å². The van der Waals surface area contributed by atoms with Crippen molar-refractivity contribution in [2.45, 2.75) is 105 Å². The van der Waals surface area contributed by atoms with Gasteiger partial charge >= 0.3 is 0 Å². The summed E-state index contributed by atoms with van der Waals surface area (Å²) in [4.78, 5) is 4.53. The fraction of sp³-hybridized carbons (Fsp3) is 0.529. The minimum atomic E-state index is 0.408. The Balaban J connectivity index is 0.000000393. The lowest BCUT2D eigenvalue weighted by Crippen LogP contribution is -2.11. The molecule has 7 heteroatoms. The summed E-state index contributed by atoms with van der Waals surface area (Å²) < 4.78 is 11.4. The van der Waals surface area contributed by atoms with Crippen molar-refractivity contribution in [3.05, 3.63) is 76.3 Å². The molecule has 1 aliphatic heterocycles. The third-order valence-electron chi connectivity index (χ3n) is 6.69. The number of aryl methyl sites for hydroxylation is 1. The van der Waals surface area contributed by atoms with E-state index in [2.05, 4.69) is 62.1 Å². The maximum atomic E-state index is 7.00. The molecule has 6 nitrogen and oxygen atoms in total. The van der Waals surface area contributed by atoms with Crippen molar-refractivity contribution in [1.29, 1.82) is 0 Å². The number of aromatic nitrogens is 1. The number of thioether (sulfide) groups is 1. The van der Waals surface area contributed by atoms with Crippen LogP contribution in [0.2, 0.25) is 0 Å². The lowest BCUT2D eigenvalue weighted by atomic mass is 10.0. The first kappa shape index (κ1) is 36.4. The molecule has 0 radical (unpaired) electrons. The highest BCUT2D eigenvalue weighted by atomic mass is 32.2. The van der Waals surface area contributed by atoms with Gasteiger partial charge in [-0.05, 0) is 72.8 Å². The molecule has 0 bridgehead atoms. The number of ether oxygens (including phenoxy) is 1. The van der Waals surface area contributed by atoms with Crippen LogP contribution >= 0.6 is 11.8 Å². The number of allylic oxidation sites excluding steroid dienone is 4. The fourth-order valence-corrected chi connectivity index (χ4v) is 5.43. The highest BCUT2D eigenvalue weighted by molar-refractivity contribution is 7.98. The lowest BCUT2D eigenvalue weighted by molar-refractivity contribution is 0.0700. The zero-order chi connectivity index (χ0) is 30.8. The number of aliphatic hydroxyl groups is 1. The largest absolute Gasteiger partial charge is 0.400 e. The van der Waals surface area contributed by atoms with Crippen LogP contribution in [0.25, 0.3) is 11.3 Å². The normalized spacial score (nSPS) is 17.6. The van der Waals surface area contributed by atoms with Crippen LogP contribution < -0.4 is 5.73 Å². The summed E-state index contributed by atoms with van der Waals surface area (Å²) in [6.07, 6.45) is 10.7. The molecule has 3 rings (SSSR count). The van der Waals surface area contributed by atoms with E-state index in [-0.39, 0.29) is 0 Å². The zero-order valence-electron chi connectivity index (χ0n) is 26.8. The summed E-state index contributed by atoms with van der Waals surface area (Å²) in [5.41, 5.74) is 14.7. The van der Waals surface area contributed by atoms with E-state index in [9.17, 15) is 0 Å². The molecule has 1 fully saturated rings. The second-order valence-corrected chi connectivity index (χ2v) is 11.4. The highest BCUT2D eigenvalue weighted by Crippen LogP contribution is 2.31. The van der Waals surface area contributed by atoms with Crippen LogP contribution in [0.3, 0.4) is 0 Å². The van der Waals surface area contributed by atoms with Crippen molar-refractivity contribution in [1.82, 2.24) is 5.16 Å². The standard InChI is InChI=1S/C17H21NO2S.C16H28N2.CH4O/c1-12-8-9-15(19-12)10-21-11-16-13(2)18-20-17(16)14-6-4-3-5-7-14;1-7-9-10-11-15(14(6)18-12(3)4)16(17)13(5)8-2;1-2/h3-7,12,15H,8-11H2,1-2H3;10-11H,7-9,17H2,1-6H3;2H,1H3/b;11-10-,15-14-,16-13-;. The first-order chi connectivity index (χ1) is 19.7. The van der Waals surface area contributed by atoms with Gasteiger partial charge in [0.25, 0.3) is 0 Å². The molecule has 0 aliphatic carbocycles. The van der Waals surface area contributed by atoms with Crippen LogP contribution in [0.4, 0.5) is 0 Å². The van der Waals surface area contributed by atoms with Crippen molar-refractivity contribution in [3.8, 4) is 11.3 Å². The van der Waals surface area contributed by atoms with Crippen molar-refractivity contribution < 1.29 is 14.4 Å². The molecule has 1 aromatic carbocycles. The molecular formula is C34H53N3O3S. The van der Waals surface area contributed by atoms with Gasteiger partial charge in [-0.1, -0.05) is 67.9 Å². The molecule has 2 heterocycles. The number of rotatable bonds is 11. The monoisotopic (exact) mass is 583 g/mol. The number of aliphatic hydroxyl groups excluding tert-OH is 1. The van der Waals surface area contributed by atoms with E-state index in [0.29, 0.717) is 12.2 Å². The Kier molecular flexibility index (Phi) is 18.0. The Morgan fingerprint density at radius 1 is 1.12 bits per heavy atom. The van der Waals surface area contributed by atoms with E-state index < -0.39 is 0 Å². The van der Waals surface area contributed by atoms with Gasteiger partial charge in [0.2, 0.25) is 0 Å². The fourth-order valence-electron chi connectivity index (χ4n) is 4.26. The van der Waals surface area contributed by atoms with Gasteiger partial charge in [0, 0.05) is 52.4 Å². The van der Waals surface area contributed by atoms with Gasteiger partial charge in [-0.3, -0.25) is 4.99 Å². The molecule has 3 N–H and O–H groups in total. The molecule has 1 aliphatic rings. The summed E-state index contributed by atoms with van der Waals surface area (Å²) in [5, 5.41) is 11.1. The van der Waals surface area contributed by atoms with Crippen molar-refractivity contribution >= 4 is 17.5 Å². The Morgan fingerprint density at radius 2 is 1.80 bits per heavy atom. The predicted octanol–water partition coefficient (Wildman–Crippen LogP) is 8.80. The second kappa shape index (κ2) is 20.3. The van der Waals surface area contributed by atoms with E-state index in [1.165, 1.54) is 24.0 Å².